The maximum atomic E-state index is 15.1. The van der Waals surface area contributed by atoms with Crippen molar-refractivity contribution in [3.05, 3.63) is 118 Å². The summed E-state index contributed by atoms with van der Waals surface area (Å²) in [6.45, 7) is 10.4. The van der Waals surface area contributed by atoms with E-state index in [0.29, 0.717) is 62.5 Å². The van der Waals surface area contributed by atoms with Gasteiger partial charge in [-0.25, -0.2) is 0 Å². The molecule has 4 bridgehead atoms. The highest BCUT2D eigenvalue weighted by atomic mass is 16.6. The van der Waals surface area contributed by atoms with Crippen molar-refractivity contribution in [2.75, 3.05) is 6.54 Å². The van der Waals surface area contributed by atoms with Crippen LogP contribution in [0.25, 0.3) is 0 Å². The third-order valence-corrected chi connectivity index (χ3v) is 14.3. The smallest absolute Gasteiger partial charge is 0.313 e. The van der Waals surface area contributed by atoms with E-state index >= 15 is 4.79 Å². The molecule has 4 aliphatic carbocycles. The number of fused-ring (bicyclic) bond motifs is 10. The van der Waals surface area contributed by atoms with Gasteiger partial charge in [0.2, 0.25) is 0 Å². The molecule has 0 unspecified atom stereocenters. The molecule has 1 heterocycles. The molecule has 8 rings (SSSR count). The molecule has 3 fully saturated rings. The number of carbonyl (C=O) groups excluding carboxylic acids is 3. The van der Waals surface area contributed by atoms with Crippen molar-refractivity contribution in [2.24, 2.45) is 16.2 Å². The number of aliphatic hydroxyl groups excluding tert-OH is 1. The lowest BCUT2D eigenvalue weighted by Gasteiger charge is -2.47. The van der Waals surface area contributed by atoms with Gasteiger partial charge in [-0.15, -0.1) is 0 Å². The van der Waals surface area contributed by atoms with Gasteiger partial charge in [0.15, 0.2) is 11.4 Å². The summed E-state index contributed by atoms with van der Waals surface area (Å²) in [7, 11) is 0. The molecule has 1 saturated heterocycles. The summed E-state index contributed by atoms with van der Waals surface area (Å²) >= 11 is 0. The van der Waals surface area contributed by atoms with E-state index in [4.69, 9.17) is 4.74 Å². The third-order valence-electron chi connectivity index (χ3n) is 14.3. The predicted molar refractivity (Wildman–Crippen MR) is 205 cm³/mol. The minimum Gasteiger partial charge on any atom is -0.448 e. The van der Waals surface area contributed by atoms with Crippen LogP contribution >= 0.6 is 0 Å². The van der Waals surface area contributed by atoms with Crippen LogP contribution in [-0.4, -0.2) is 56.6 Å². The monoisotopic (exact) mass is 717 g/mol. The molecule has 0 aromatic heterocycles. The molecule has 7 nitrogen and oxygen atoms in total. The number of rotatable bonds is 7. The van der Waals surface area contributed by atoms with Gasteiger partial charge in [-0.2, -0.15) is 0 Å². The SMILES string of the molecule is CC1=CCC[C@@]2(C)[C@@H](CC[C@@]2(O)CN(Cc2ccccc2)C(=O)[C@@]23CC[C@@](C)(C(=O)O2)C3(C)C)c2ccc(cc2C(=O)c2ccccc2)C[C@@H](O)CC1. The molecule has 280 valence electrons. The third kappa shape index (κ3) is 6.08. The minimum atomic E-state index is -1.33. The molecule has 2 N–H and O–H groups in total. The highest BCUT2D eigenvalue weighted by molar-refractivity contribution is 6.10. The first-order valence-electron chi connectivity index (χ1n) is 19.5. The summed E-state index contributed by atoms with van der Waals surface area (Å²) < 4.78 is 6.13. The van der Waals surface area contributed by atoms with Gasteiger partial charge in [-0.1, -0.05) is 105 Å². The quantitative estimate of drug-likeness (QED) is 0.145. The summed E-state index contributed by atoms with van der Waals surface area (Å²) in [5.74, 6) is -0.839. The number of amides is 1. The predicted octanol–water partition coefficient (Wildman–Crippen LogP) is 8.11. The number of nitrogens with zero attached hydrogens (tertiary/aromatic N) is 1. The second kappa shape index (κ2) is 13.7. The van der Waals surface area contributed by atoms with Crippen molar-refractivity contribution in [1.29, 1.82) is 0 Å². The molecular weight excluding hydrogens is 663 g/mol. The number of hydrogen-bond donors (Lipinski definition) is 2. The molecule has 2 saturated carbocycles. The number of carbonyl (C=O) groups is 3. The van der Waals surface area contributed by atoms with E-state index in [-0.39, 0.29) is 36.7 Å². The van der Waals surface area contributed by atoms with Crippen molar-refractivity contribution in [1.82, 2.24) is 4.90 Å². The first-order chi connectivity index (χ1) is 25.1. The number of esters is 1. The lowest BCUT2D eigenvalue weighted by molar-refractivity contribution is -0.178. The van der Waals surface area contributed by atoms with Crippen molar-refractivity contribution in [3.63, 3.8) is 0 Å². The minimum absolute atomic E-state index is 0.0642. The summed E-state index contributed by atoms with van der Waals surface area (Å²) in [5.41, 5.74) is 0.256. The average Bonchev–Trinajstić information content (AvgIpc) is 3.58. The van der Waals surface area contributed by atoms with Crippen LogP contribution in [0.15, 0.2) is 90.5 Å². The molecule has 3 aromatic carbocycles. The van der Waals surface area contributed by atoms with Crippen LogP contribution in [0, 0.1) is 16.2 Å². The van der Waals surface area contributed by atoms with E-state index in [1.807, 2.05) is 99.6 Å². The number of ether oxygens (including phenoxy) is 1. The van der Waals surface area contributed by atoms with Gasteiger partial charge in [-0.3, -0.25) is 14.4 Å². The highest BCUT2D eigenvalue weighted by Crippen LogP contribution is 2.66. The Bertz CT molecular complexity index is 1920. The number of hydrogen-bond acceptors (Lipinski definition) is 6. The Kier molecular flexibility index (Phi) is 9.60. The molecular formula is C46H55NO6. The lowest BCUT2D eigenvalue weighted by Crippen LogP contribution is -2.60. The highest BCUT2D eigenvalue weighted by Gasteiger charge is 2.76. The van der Waals surface area contributed by atoms with Crippen LogP contribution < -0.4 is 0 Å². The number of ketones is 1. The fourth-order valence-electron chi connectivity index (χ4n) is 10.2. The fraction of sp³-hybridized carbons (Fsp3) is 0.500. The second-order valence-electron chi connectivity index (χ2n) is 17.5. The van der Waals surface area contributed by atoms with Crippen LogP contribution in [0.3, 0.4) is 0 Å². The second-order valence-corrected chi connectivity index (χ2v) is 17.5. The lowest BCUT2D eigenvalue weighted by atomic mass is 9.64. The van der Waals surface area contributed by atoms with Gasteiger partial charge in [0.1, 0.15) is 0 Å². The van der Waals surface area contributed by atoms with Gasteiger partial charge in [-0.05, 0) is 100 Å². The standard InChI is InChI=1S/C46H55NO6/c1-31-13-12-23-43(4)38(36-21-19-33(27-35(48)20-18-31)28-37(36)39(49)34-16-10-7-11-17-34)22-24-45(43,52)30-47(29-32-14-8-6-9-15-32)40(50)46-26-25-44(5,41(51)53-46)42(46,2)3/h6-11,13-17,19,21,28,35,38,48,52H,12,18,20,22-27,29-30H2,1-5H3/t35-,38-,43-,44-,45+,46+/m0/s1. The number of allylic oxidation sites excluding steroid dienone is 2. The topological polar surface area (TPSA) is 104 Å². The van der Waals surface area contributed by atoms with E-state index in [0.717, 1.165) is 23.1 Å². The van der Waals surface area contributed by atoms with Crippen LogP contribution in [0.4, 0.5) is 0 Å². The zero-order chi connectivity index (χ0) is 37.8. The maximum absolute atomic E-state index is 15.1. The Balaban J connectivity index is 1.32. The fourth-order valence-corrected chi connectivity index (χ4v) is 10.2. The summed E-state index contributed by atoms with van der Waals surface area (Å²) in [4.78, 5) is 44.6. The Morgan fingerprint density at radius 3 is 2.25 bits per heavy atom. The van der Waals surface area contributed by atoms with E-state index < -0.39 is 33.6 Å². The van der Waals surface area contributed by atoms with E-state index in [1.54, 1.807) is 4.90 Å². The normalized spacial score (nSPS) is 32.1. The van der Waals surface area contributed by atoms with Crippen molar-refractivity contribution >= 4 is 17.7 Å². The van der Waals surface area contributed by atoms with Crippen molar-refractivity contribution in [2.45, 2.75) is 122 Å². The first kappa shape index (κ1) is 37.3. The maximum Gasteiger partial charge on any atom is 0.313 e. The van der Waals surface area contributed by atoms with E-state index in [9.17, 15) is 19.8 Å². The molecule has 0 radical (unpaired) electrons. The van der Waals surface area contributed by atoms with Gasteiger partial charge in [0, 0.05) is 28.5 Å². The van der Waals surface area contributed by atoms with Gasteiger partial charge in [0.05, 0.1) is 23.7 Å². The van der Waals surface area contributed by atoms with Crippen LogP contribution in [0.5, 0.6) is 0 Å². The van der Waals surface area contributed by atoms with Crippen LogP contribution in [0.1, 0.15) is 125 Å². The Morgan fingerprint density at radius 1 is 0.887 bits per heavy atom. The number of benzene rings is 3. The average molecular weight is 718 g/mol. The molecule has 1 amide bonds. The molecule has 0 spiro atoms. The largest absolute Gasteiger partial charge is 0.448 e. The van der Waals surface area contributed by atoms with Crippen LogP contribution in [-0.2, 0) is 27.3 Å². The van der Waals surface area contributed by atoms with Gasteiger partial charge < -0.3 is 19.8 Å². The zero-order valence-electron chi connectivity index (χ0n) is 32.0. The summed E-state index contributed by atoms with van der Waals surface area (Å²) in [5, 5.41) is 24.2. The van der Waals surface area contributed by atoms with E-state index in [1.165, 1.54) is 5.57 Å². The van der Waals surface area contributed by atoms with Gasteiger partial charge >= 0.3 is 5.97 Å². The Labute approximate surface area is 314 Å². The Hall–Kier alpha value is -4.07. The van der Waals surface area contributed by atoms with Crippen molar-refractivity contribution < 1.29 is 29.3 Å². The summed E-state index contributed by atoms with van der Waals surface area (Å²) in [6.07, 6.45) is 6.95. The molecule has 3 aromatic rings. The molecule has 5 aliphatic rings. The Morgan fingerprint density at radius 2 is 1.58 bits per heavy atom. The molecule has 53 heavy (non-hydrogen) atoms. The van der Waals surface area contributed by atoms with E-state index in [2.05, 4.69) is 19.9 Å². The molecule has 7 heteroatoms. The zero-order valence-corrected chi connectivity index (χ0v) is 32.0. The first-order valence-corrected chi connectivity index (χ1v) is 19.5. The van der Waals surface area contributed by atoms with Crippen molar-refractivity contribution in [3.8, 4) is 0 Å². The van der Waals surface area contributed by atoms with Crippen LogP contribution in [0.2, 0.25) is 0 Å². The molecule has 6 atom stereocenters. The van der Waals surface area contributed by atoms with Gasteiger partial charge in [0.25, 0.3) is 5.91 Å². The summed E-state index contributed by atoms with van der Waals surface area (Å²) in [6, 6.07) is 25.2. The number of aliphatic hydroxyl groups is 2. The molecule has 1 aliphatic heterocycles.